The molecule has 0 aliphatic heterocycles. The predicted molar refractivity (Wildman–Crippen MR) is 99.0 cm³/mol. The van der Waals surface area contributed by atoms with E-state index in [0.717, 1.165) is 17.7 Å². The van der Waals surface area contributed by atoms with Crippen molar-refractivity contribution in [3.8, 4) is 22.5 Å². The van der Waals surface area contributed by atoms with Crippen LogP contribution in [-0.4, -0.2) is 40.6 Å². The summed E-state index contributed by atoms with van der Waals surface area (Å²) in [7, 11) is 1.81. The van der Waals surface area contributed by atoms with Gasteiger partial charge in [-0.15, -0.1) is 0 Å². The lowest BCUT2D eigenvalue weighted by Crippen LogP contribution is -2.05. The first-order chi connectivity index (χ1) is 13.9. The Bertz CT molecular complexity index is 1190. The first kappa shape index (κ1) is 18.5. The van der Waals surface area contributed by atoms with Crippen LogP contribution in [0.2, 0.25) is 0 Å². The SMILES string of the molecule is Cn1cc(CCn2cnc(-c3ccc(F)cc3F)c2-c2cn[nH]c2C(=O)O)cn1. The summed E-state index contributed by atoms with van der Waals surface area (Å²) in [6.45, 7) is 0.446. The molecule has 148 valence electrons. The van der Waals surface area contributed by atoms with Gasteiger partial charge in [-0.25, -0.2) is 18.6 Å². The predicted octanol–water partition coefficient (Wildman–Crippen LogP) is 2.89. The van der Waals surface area contributed by atoms with E-state index in [2.05, 4.69) is 20.3 Å². The molecule has 0 radical (unpaired) electrons. The monoisotopic (exact) mass is 398 g/mol. The standard InChI is InChI=1S/C19H16F2N6O2/c1-26-9-11(7-24-26)4-5-27-10-22-16(13-3-2-12(20)6-15(13)21)18(27)14-8-23-25-17(14)19(28)29/h2-3,6-10H,4-5H2,1H3,(H,23,25)(H,28,29). The van der Waals surface area contributed by atoms with E-state index in [0.29, 0.717) is 18.7 Å². The summed E-state index contributed by atoms with van der Waals surface area (Å²) < 4.78 is 31.2. The van der Waals surface area contributed by atoms with Gasteiger partial charge in [0.2, 0.25) is 0 Å². The number of aromatic nitrogens is 6. The smallest absolute Gasteiger partial charge is 0.354 e. The highest BCUT2D eigenvalue weighted by Crippen LogP contribution is 2.34. The van der Waals surface area contributed by atoms with Gasteiger partial charge in [-0.1, -0.05) is 0 Å². The quantitative estimate of drug-likeness (QED) is 0.520. The average molecular weight is 398 g/mol. The molecule has 4 aromatic rings. The number of halogens is 2. The van der Waals surface area contributed by atoms with E-state index in [9.17, 15) is 18.7 Å². The molecule has 0 fully saturated rings. The maximum absolute atomic E-state index is 14.4. The van der Waals surface area contributed by atoms with Crippen LogP contribution in [0.5, 0.6) is 0 Å². The lowest BCUT2D eigenvalue weighted by Gasteiger charge is -2.10. The van der Waals surface area contributed by atoms with Crippen LogP contribution in [0.15, 0.2) is 43.1 Å². The lowest BCUT2D eigenvalue weighted by atomic mass is 10.0. The van der Waals surface area contributed by atoms with E-state index in [-0.39, 0.29) is 22.5 Å². The number of carbonyl (C=O) groups is 1. The van der Waals surface area contributed by atoms with Gasteiger partial charge in [0, 0.05) is 31.4 Å². The zero-order valence-electron chi connectivity index (χ0n) is 15.3. The molecule has 0 aliphatic rings. The second kappa shape index (κ2) is 7.30. The summed E-state index contributed by atoms with van der Waals surface area (Å²) in [6.07, 6.45) is 7.06. The van der Waals surface area contributed by atoms with Gasteiger partial charge in [-0.05, 0) is 24.1 Å². The Morgan fingerprint density at radius 2 is 2.07 bits per heavy atom. The first-order valence-corrected chi connectivity index (χ1v) is 8.69. The van der Waals surface area contributed by atoms with Crippen molar-refractivity contribution in [3.05, 3.63) is 66.0 Å². The number of carboxylic acid groups (broad SMARTS) is 1. The van der Waals surface area contributed by atoms with Crippen LogP contribution in [0, 0.1) is 11.6 Å². The minimum atomic E-state index is -1.21. The molecule has 10 heteroatoms. The van der Waals surface area contributed by atoms with E-state index in [4.69, 9.17) is 0 Å². The molecule has 3 aromatic heterocycles. The van der Waals surface area contributed by atoms with Gasteiger partial charge in [-0.2, -0.15) is 10.2 Å². The number of aromatic carboxylic acids is 1. The number of imidazole rings is 1. The Morgan fingerprint density at radius 3 is 2.76 bits per heavy atom. The zero-order valence-corrected chi connectivity index (χ0v) is 15.3. The number of aryl methyl sites for hydroxylation is 3. The van der Waals surface area contributed by atoms with Gasteiger partial charge in [0.25, 0.3) is 0 Å². The van der Waals surface area contributed by atoms with Crippen molar-refractivity contribution in [1.82, 2.24) is 29.5 Å². The minimum absolute atomic E-state index is 0.0686. The molecule has 1 aromatic carbocycles. The number of benzene rings is 1. The zero-order chi connectivity index (χ0) is 20.5. The average Bonchev–Trinajstić information content (AvgIpc) is 3.38. The maximum Gasteiger partial charge on any atom is 0.354 e. The number of aromatic amines is 1. The molecule has 0 saturated heterocycles. The molecule has 0 aliphatic carbocycles. The van der Waals surface area contributed by atoms with Crippen molar-refractivity contribution in [2.45, 2.75) is 13.0 Å². The van der Waals surface area contributed by atoms with Crippen molar-refractivity contribution in [2.75, 3.05) is 0 Å². The van der Waals surface area contributed by atoms with Gasteiger partial charge >= 0.3 is 5.97 Å². The molecule has 3 heterocycles. The van der Waals surface area contributed by atoms with Gasteiger partial charge in [0.15, 0.2) is 5.69 Å². The Balaban J connectivity index is 1.82. The van der Waals surface area contributed by atoms with Crippen LogP contribution in [-0.2, 0) is 20.0 Å². The fourth-order valence-corrected chi connectivity index (χ4v) is 3.19. The first-order valence-electron chi connectivity index (χ1n) is 8.69. The number of hydrogen-bond donors (Lipinski definition) is 2. The highest BCUT2D eigenvalue weighted by atomic mass is 19.1. The van der Waals surface area contributed by atoms with Crippen molar-refractivity contribution in [3.63, 3.8) is 0 Å². The largest absolute Gasteiger partial charge is 0.477 e. The molecule has 0 spiro atoms. The van der Waals surface area contributed by atoms with E-state index in [1.54, 1.807) is 15.4 Å². The van der Waals surface area contributed by atoms with Crippen LogP contribution in [0.4, 0.5) is 8.78 Å². The highest BCUT2D eigenvalue weighted by molar-refractivity contribution is 5.95. The fraction of sp³-hybridized carbons (Fsp3) is 0.158. The number of H-pyrrole nitrogens is 1. The summed E-state index contributed by atoms with van der Waals surface area (Å²) in [5, 5.41) is 19.9. The van der Waals surface area contributed by atoms with Gasteiger partial charge < -0.3 is 9.67 Å². The van der Waals surface area contributed by atoms with Crippen molar-refractivity contribution in [1.29, 1.82) is 0 Å². The summed E-state index contributed by atoms with van der Waals surface area (Å²) in [6, 6.07) is 3.17. The summed E-state index contributed by atoms with van der Waals surface area (Å²) in [5.41, 5.74) is 1.76. The second-order valence-corrected chi connectivity index (χ2v) is 6.50. The minimum Gasteiger partial charge on any atom is -0.477 e. The van der Waals surface area contributed by atoms with Crippen molar-refractivity contribution < 1.29 is 18.7 Å². The Hall–Kier alpha value is -3.82. The van der Waals surface area contributed by atoms with Crippen LogP contribution in [0.1, 0.15) is 16.1 Å². The van der Waals surface area contributed by atoms with Crippen molar-refractivity contribution >= 4 is 5.97 Å². The molecule has 0 atom stereocenters. The van der Waals surface area contributed by atoms with E-state index < -0.39 is 17.6 Å². The topological polar surface area (TPSA) is 102 Å². The number of nitrogens with zero attached hydrogens (tertiary/aromatic N) is 5. The van der Waals surface area contributed by atoms with Crippen molar-refractivity contribution in [2.24, 2.45) is 7.05 Å². The Kier molecular flexibility index (Phi) is 4.67. The molecule has 0 unspecified atom stereocenters. The maximum atomic E-state index is 14.4. The fourth-order valence-electron chi connectivity index (χ4n) is 3.19. The number of nitrogens with one attached hydrogen (secondary N) is 1. The lowest BCUT2D eigenvalue weighted by molar-refractivity contribution is 0.0691. The molecule has 8 nitrogen and oxygen atoms in total. The molecular formula is C19H16F2N6O2. The Morgan fingerprint density at radius 1 is 1.24 bits per heavy atom. The molecule has 0 amide bonds. The highest BCUT2D eigenvalue weighted by Gasteiger charge is 2.24. The molecule has 0 bridgehead atoms. The summed E-state index contributed by atoms with van der Waals surface area (Å²) in [4.78, 5) is 15.9. The molecule has 29 heavy (non-hydrogen) atoms. The van der Waals surface area contributed by atoms with Gasteiger partial charge in [-0.3, -0.25) is 9.78 Å². The molecular weight excluding hydrogens is 382 g/mol. The number of hydrogen-bond acceptors (Lipinski definition) is 4. The number of carboxylic acids is 1. The van der Waals surface area contributed by atoms with E-state index in [1.165, 1.54) is 18.6 Å². The van der Waals surface area contributed by atoms with E-state index >= 15 is 0 Å². The molecule has 0 saturated carbocycles. The number of rotatable bonds is 6. The van der Waals surface area contributed by atoms with Crippen LogP contribution >= 0.6 is 0 Å². The van der Waals surface area contributed by atoms with Gasteiger partial charge in [0.05, 0.1) is 35.7 Å². The van der Waals surface area contributed by atoms with Gasteiger partial charge in [0.1, 0.15) is 11.6 Å². The summed E-state index contributed by atoms with van der Waals surface area (Å²) in [5.74, 6) is -2.70. The van der Waals surface area contributed by atoms with Crippen LogP contribution < -0.4 is 0 Å². The van der Waals surface area contributed by atoms with Crippen LogP contribution in [0.3, 0.4) is 0 Å². The van der Waals surface area contributed by atoms with E-state index in [1.807, 2.05) is 13.2 Å². The third-order valence-electron chi connectivity index (χ3n) is 4.53. The normalized spacial score (nSPS) is 11.1. The third-order valence-corrected chi connectivity index (χ3v) is 4.53. The Labute approximate surface area is 163 Å². The second-order valence-electron chi connectivity index (χ2n) is 6.50. The molecule has 4 rings (SSSR count). The molecule has 2 N–H and O–H groups in total. The van der Waals surface area contributed by atoms with Crippen LogP contribution in [0.25, 0.3) is 22.5 Å². The summed E-state index contributed by atoms with van der Waals surface area (Å²) >= 11 is 0. The third kappa shape index (κ3) is 3.51.